The Kier molecular flexibility index (Phi) is 6.65. The number of hydroxylamine groups is 1. The Morgan fingerprint density at radius 2 is 1.81 bits per heavy atom. The maximum Gasteiger partial charge on any atom is 0.317 e. The van der Waals surface area contributed by atoms with Crippen LogP contribution in [0.1, 0.15) is 37.7 Å². The number of carbonyl (C=O) groups is 2. The number of hydrogen-bond donors (Lipinski definition) is 3. The number of amides is 3. The lowest BCUT2D eigenvalue weighted by Gasteiger charge is -2.32. The fourth-order valence-electron chi connectivity index (χ4n) is 3.76. The number of likely N-dealkylation sites (tertiary alicyclic amines) is 1. The maximum atomic E-state index is 12.5. The van der Waals surface area contributed by atoms with Gasteiger partial charge in [0, 0.05) is 26.1 Å². The summed E-state index contributed by atoms with van der Waals surface area (Å²) < 4.78 is 0. The van der Waals surface area contributed by atoms with E-state index in [1.165, 1.54) is 10.8 Å². The molecule has 1 fully saturated rings. The fraction of sp³-hybridized carbons (Fsp3) is 0.429. The molecule has 0 atom stereocenters. The average Bonchev–Trinajstić information content (AvgIpc) is 2.72. The minimum Gasteiger partial charge on any atom is -0.334 e. The van der Waals surface area contributed by atoms with E-state index in [0.29, 0.717) is 18.9 Å². The number of urea groups is 1. The zero-order valence-corrected chi connectivity index (χ0v) is 15.5. The summed E-state index contributed by atoms with van der Waals surface area (Å²) in [7, 11) is 0. The highest BCUT2D eigenvalue weighted by Crippen LogP contribution is 2.23. The van der Waals surface area contributed by atoms with E-state index in [0.717, 1.165) is 44.3 Å². The SMILES string of the molecule is O=C(CCCC1CCN(C(=O)NCc2cccc3ccccc23)CC1)NO. The van der Waals surface area contributed by atoms with Crippen molar-refractivity contribution in [1.29, 1.82) is 0 Å². The normalized spacial score (nSPS) is 14.9. The molecule has 3 amide bonds. The Hall–Kier alpha value is -2.60. The summed E-state index contributed by atoms with van der Waals surface area (Å²) in [6.07, 6.45) is 4.00. The number of carbonyl (C=O) groups excluding carboxylic acids is 2. The van der Waals surface area contributed by atoms with Gasteiger partial charge in [-0.25, -0.2) is 10.3 Å². The van der Waals surface area contributed by atoms with Gasteiger partial charge in [-0.3, -0.25) is 10.0 Å². The number of hydrogen-bond acceptors (Lipinski definition) is 3. The number of nitrogens with one attached hydrogen (secondary N) is 2. The summed E-state index contributed by atoms with van der Waals surface area (Å²) in [6, 6.07) is 14.3. The van der Waals surface area contributed by atoms with Crippen LogP contribution >= 0.6 is 0 Å². The molecule has 3 N–H and O–H groups in total. The van der Waals surface area contributed by atoms with Gasteiger partial charge in [0.1, 0.15) is 0 Å². The van der Waals surface area contributed by atoms with Crippen molar-refractivity contribution < 1.29 is 14.8 Å². The Labute approximate surface area is 159 Å². The van der Waals surface area contributed by atoms with Gasteiger partial charge in [0.2, 0.25) is 5.91 Å². The molecule has 0 aliphatic carbocycles. The van der Waals surface area contributed by atoms with E-state index in [9.17, 15) is 9.59 Å². The molecular formula is C21H27N3O3. The lowest BCUT2D eigenvalue weighted by atomic mass is 9.91. The lowest BCUT2D eigenvalue weighted by Crippen LogP contribution is -2.44. The van der Waals surface area contributed by atoms with Gasteiger partial charge >= 0.3 is 6.03 Å². The van der Waals surface area contributed by atoms with Crippen molar-refractivity contribution in [2.24, 2.45) is 5.92 Å². The molecule has 1 heterocycles. The number of rotatable bonds is 6. The smallest absolute Gasteiger partial charge is 0.317 e. The van der Waals surface area contributed by atoms with E-state index in [4.69, 9.17) is 5.21 Å². The first-order chi connectivity index (χ1) is 13.2. The highest BCUT2D eigenvalue weighted by molar-refractivity contribution is 5.86. The molecular weight excluding hydrogens is 342 g/mol. The van der Waals surface area contributed by atoms with Crippen LogP contribution in [-0.4, -0.2) is 35.1 Å². The van der Waals surface area contributed by atoms with Crippen LogP contribution in [0.25, 0.3) is 10.8 Å². The van der Waals surface area contributed by atoms with Crippen LogP contribution in [-0.2, 0) is 11.3 Å². The number of piperidine rings is 1. The molecule has 0 unspecified atom stereocenters. The van der Waals surface area contributed by atoms with E-state index in [1.807, 2.05) is 23.1 Å². The molecule has 1 aliphatic heterocycles. The molecule has 0 aromatic heterocycles. The van der Waals surface area contributed by atoms with Crippen LogP contribution in [0.3, 0.4) is 0 Å². The number of nitrogens with zero attached hydrogens (tertiary/aromatic N) is 1. The molecule has 0 radical (unpaired) electrons. The second-order valence-electron chi connectivity index (χ2n) is 7.15. The highest BCUT2D eigenvalue weighted by atomic mass is 16.5. The predicted octanol–water partition coefficient (Wildman–Crippen LogP) is 3.44. The third-order valence-electron chi connectivity index (χ3n) is 5.35. The monoisotopic (exact) mass is 369 g/mol. The molecule has 0 saturated carbocycles. The molecule has 6 heteroatoms. The molecule has 144 valence electrons. The Bertz CT molecular complexity index is 780. The summed E-state index contributed by atoms with van der Waals surface area (Å²) in [5.41, 5.74) is 2.79. The van der Waals surface area contributed by atoms with Crippen molar-refractivity contribution in [3.63, 3.8) is 0 Å². The molecule has 2 aromatic rings. The van der Waals surface area contributed by atoms with Crippen molar-refractivity contribution >= 4 is 22.7 Å². The second kappa shape index (κ2) is 9.37. The van der Waals surface area contributed by atoms with Crippen molar-refractivity contribution in [1.82, 2.24) is 15.7 Å². The van der Waals surface area contributed by atoms with Crippen LogP contribution in [0, 0.1) is 5.92 Å². The first-order valence-corrected chi connectivity index (χ1v) is 9.59. The van der Waals surface area contributed by atoms with Gasteiger partial charge in [0.15, 0.2) is 0 Å². The minimum absolute atomic E-state index is 0.0129. The third-order valence-corrected chi connectivity index (χ3v) is 5.35. The fourth-order valence-corrected chi connectivity index (χ4v) is 3.76. The zero-order valence-electron chi connectivity index (χ0n) is 15.5. The van der Waals surface area contributed by atoms with Crippen molar-refractivity contribution in [2.45, 2.75) is 38.6 Å². The third kappa shape index (κ3) is 5.20. The second-order valence-corrected chi connectivity index (χ2v) is 7.15. The van der Waals surface area contributed by atoms with Crippen LogP contribution in [0.15, 0.2) is 42.5 Å². The maximum absolute atomic E-state index is 12.5. The summed E-state index contributed by atoms with van der Waals surface area (Å²) in [4.78, 5) is 25.4. The minimum atomic E-state index is -0.333. The van der Waals surface area contributed by atoms with E-state index < -0.39 is 0 Å². The molecule has 1 saturated heterocycles. The molecule has 2 aromatic carbocycles. The molecule has 3 rings (SSSR count). The van der Waals surface area contributed by atoms with Gasteiger partial charge in [-0.2, -0.15) is 0 Å². The Balaban J connectivity index is 1.44. The number of benzene rings is 2. The molecule has 6 nitrogen and oxygen atoms in total. The highest BCUT2D eigenvalue weighted by Gasteiger charge is 2.22. The van der Waals surface area contributed by atoms with Crippen molar-refractivity contribution in [2.75, 3.05) is 13.1 Å². The zero-order chi connectivity index (χ0) is 19.1. The first-order valence-electron chi connectivity index (χ1n) is 9.59. The Morgan fingerprint density at radius 3 is 2.59 bits per heavy atom. The van der Waals surface area contributed by atoms with Gasteiger partial charge in [0.05, 0.1) is 0 Å². The van der Waals surface area contributed by atoms with Crippen molar-refractivity contribution in [3.05, 3.63) is 48.0 Å². The molecule has 1 aliphatic rings. The van der Waals surface area contributed by atoms with Gasteiger partial charge < -0.3 is 10.2 Å². The Morgan fingerprint density at radius 1 is 1.07 bits per heavy atom. The summed E-state index contributed by atoms with van der Waals surface area (Å²) >= 11 is 0. The standard InChI is InChI=1S/C21H27N3O3/c25-20(23-27)10-3-5-16-11-13-24(14-12-16)21(26)22-15-18-8-4-7-17-6-1-2-9-19(17)18/h1-2,4,6-9,16,27H,3,5,10-15H2,(H,22,26)(H,23,25). The van der Waals surface area contributed by atoms with Crippen LogP contribution < -0.4 is 10.8 Å². The first kappa shape index (κ1) is 19.2. The van der Waals surface area contributed by atoms with Crippen molar-refractivity contribution in [3.8, 4) is 0 Å². The van der Waals surface area contributed by atoms with E-state index in [1.54, 1.807) is 5.48 Å². The lowest BCUT2D eigenvalue weighted by molar-refractivity contribution is -0.129. The largest absolute Gasteiger partial charge is 0.334 e. The quantitative estimate of drug-likeness (QED) is 0.539. The summed E-state index contributed by atoms with van der Waals surface area (Å²) in [5.74, 6) is 0.207. The van der Waals surface area contributed by atoms with Gasteiger partial charge in [-0.15, -0.1) is 0 Å². The van der Waals surface area contributed by atoms with E-state index >= 15 is 0 Å². The molecule has 0 spiro atoms. The van der Waals surface area contributed by atoms with Crippen LogP contribution in [0.5, 0.6) is 0 Å². The molecule has 0 bridgehead atoms. The topological polar surface area (TPSA) is 81.7 Å². The van der Waals surface area contributed by atoms with E-state index in [-0.39, 0.29) is 11.9 Å². The van der Waals surface area contributed by atoms with Crippen LogP contribution in [0.4, 0.5) is 4.79 Å². The van der Waals surface area contributed by atoms with Gasteiger partial charge in [0.25, 0.3) is 0 Å². The molecule has 27 heavy (non-hydrogen) atoms. The average molecular weight is 369 g/mol. The van der Waals surface area contributed by atoms with Gasteiger partial charge in [-0.05, 0) is 47.9 Å². The predicted molar refractivity (Wildman–Crippen MR) is 104 cm³/mol. The van der Waals surface area contributed by atoms with Gasteiger partial charge in [-0.1, -0.05) is 42.5 Å². The summed E-state index contributed by atoms with van der Waals surface area (Å²) in [5, 5.41) is 13.9. The number of fused-ring (bicyclic) bond motifs is 1. The summed E-state index contributed by atoms with van der Waals surface area (Å²) in [6.45, 7) is 2.02. The van der Waals surface area contributed by atoms with Crippen LogP contribution in [0.2, 0.25) is 0 Å². The van der Waals surface area contributed by atoms with E-state index in [2.05, 4.69) is 29.6 Å².